The molecule has 0 radical (unpaired) electrons. The Morgan fingerprint density at radius 1 is 1.00 bits per heavy atom. The van der Waals surface area contributed by atoms with Gasteiger partial charge in [0.15, 0.2) is 5.65 Å². The maximum atomic E-state index is 13.7. The van der Waals surface area contributed by atoms with Crippen LogP contribution >= 0.6 is 0 Å². The summed E-state index contributed by atoms with van der Waals surface area (Å²) in [5, 5.41) is 3.41. The number of methoxy groups -OCH3 is 1. The van der Waals surface area contributed by atoms with Crippen molar-refractivity contribution in [2.75, 3.05) is 25.1 Å². The van der Waals surface area contributed by atoms with Crippen LogP contribution in [0.15, 0.2) is 59.4 Å². The van der Waals surface area contributed by atoms with E-state index in [4.69, 9.17) is 9.72 Å². The molecule has 1 aliphatic carbocycles. The number of nitrogens with one attached hydrogen (secondary N) is 1. The van der Waals surface area contributed by atoms with E-state index in [1.54, 1.807) is 11.6 Å². The molecule has 0 spiro atoms. The highest BCUT2D eigenvalue weighted by atomic mass is 16.5. The average Bonchev–Trinajstić information content (AvgIpc) is 3.20. The number of nitrogens with zero attached hydrogens (tertiary/aromatic N) is 3. The second kappa shape index (κ2) is 6.98. The van der Waals surface area contributed by atoms with Crippen LogP contribution in [0, 0.1) is 24.2 Å². The number of anilines is 1. The lowest BCUT2D eigenvalue weighted by atomic mass is 10.0. The Morgan fingerprint density at radius 2 is 1.67 bits per heavy atom. The molecule has 3 heterocycles. The molecule has 33 heavy (non-hydrogen) atoms. The van der Waals surface area contributed by atoms with E-state index in [1.807, 2.05) is 49.4 Å². The van der Waals surface area contributed by atoms with E-state index < -0.39 is 0 Å². The van der Waals surface area contributed by atoms with Crippen molar-refractivity contribution in [3.63, 3.8) is 0 Å². The summed E-state index contributed by atoms with van der Waals surface area (Å²) in [4.78, 5) is 21.1. The zero-order valence-electron chi connectivity index (χ0n) is 19.4. The van der Waals surface area contributed by atoms with Crippen LogP contribution in [0.4, 0.5) is 5.69 Å². The number of ether oxygens (including phenoxy) is 1. The van der Waals surface area contributed by atoms with Crippen molar-refractivity contribution >= 4 is 11.3 Å². The van der Waals surface area contributed by atoms with Gasteiger partial charge in [0, 0.05) is 18.7 Å². The Labute approximate surface area is 192 Å². The monoisotopic (exact) mass is 440 g/mol. The van der Waals surface area contributed by atoms with E-state index >= 15 is 0 Å². The number of hydrogen-bond donors (Lipinski definition) is 1. The summed E-state index contributed by atoms with van der Waals surface area (Å²) in [5.74, 6) is 2.15. The molecule has 2 aromatic heterocycles. The number of H-pyrrole nitrogens is 1. The molecule has 2 fully saturated rings. The number of aryl methyl sites for hydroxylation is 1. The van der Waals surface area contributed by atoms with Gasteiger partial charge in [0.25, 0.3) is 5.56 Å². The Bertz CT molecular complexity index is 1400. The lowest BCUT2D eigenvalue weighted by Crippen LogP contribution is -2.27. The van der Waals surface area contributed by atoms with Gasteiger partial charge in [-0.25, -0.2) is 4.98 Å². The lowest BCUT2D eigenvalue weighted by molar-refractivity contribution is 0.415. The summed E-state index contributed by atoms with van der Waals surface area (Å²) in [6, 6.07) is 17.8. The largest absolute Gasteiger partial charge is 0.497 e. The summed E-state index contributed by atoms with van der Waals surface area (Å²) in [7, 11) is 1.64. The molecule has 168 valence electrons. The van der Waals surface area contributed by atoms with E-state index in [0.29, 0.717) is 28.5 Å². The van der Waals surface area contributed by atoms with Crippen LogP contribution in [0.5, 0.6) is 5.75 Å². The van der Waals surface area contributed by atoms with Crippen molar-refractivity contribution in [2.45, 2.75) is 20.8 Å². The third kappa shape index (κ3) is 2.93. The van der Waals surface area contributed by atoms with Crippen molar-refractivity contribution < 1.29 is 4.74 Å². The standard InChI is InChI=1S/C27H28N4O2/c1-16-22(17-10-12-19(33-4)13-11-17)26(32)31-25(28-16)24(23(29-31)18-8-6-5-7-9-18)30-14-20-21(15-30)27(20,2)3/h5-13,20-21,29H,14-15H2,1-4H3. The number of fused-ring (bicyclic) bond motifs is 2. The number of aromatic amines is 1. The SMILES string of the molecule is COc1ccc(-c2c(C)nc3c(N4CC5C(C4)C5(C)C)c(-c4ccccc4)[nH]n3c2=O)cc1. The molecule has 2 aliphatic rings. The summed E-state index contributed by atoms with van der Waals surface area (Å²) in [6.45, 7) is 8.65. The minimum Gasteiger partial charge on any atom is -0.497 e. The van der Waals surface area contributed by atoms with Crippen LogP contribution in [0.1, 0.15) is 19.5 Å². The first-order chi connectivity index (χ1) is 15.9. The molecule has 6 rings (SSSR count). The van der Waals surface area contributed by atoms with Gasteiger partial charge in [-0.3, -0.25) is 9.89 Å². The molecule has 0 bridgehead atoms. The minimum atomic E-state index is -0.0872. The fourth-order valence-corrected chi connectivity index (χ4v) is 5.68. The van der Waals surface area contributed by atoms with E-state index in [9.17, 15) is 4.79 Å². The number of piperidine rings is 1. The number of rotatable bonds is 4. The van der Waals surface area contributed by atoms with Gasteiger partial charge in [-0.1, -0.05) is 56.3 Å². The van der Waals surface area contributed by atoms with Crippen LogP contribution < -0.4 is 15.2 Å². The molecule has 6 heteroatoms. The maximum Gasteiger partial charge on any atom is 0.280 e. The molecule has 6 nitrogen and oxygen atoms in total. The number of aromatic nitrogens is 3. The average molecular weight is 441 g/mol. The van der Waals surface area contributed by atoms with Gasteiger partial charge < -0.3 is 9.64 Å². The smallest absolute Gasteiger partial charge is 0.280 e. The molecule has 0 amide bonds. The van der Waals surface area contributed by atoms with Crippen LogP contribution in [0.2, 0.25) is 0 Å². The molecule has 2 atom stereocenters. The van der Waals surface area contributed by atoms with Crippen LogP contribution in [0.3, 0.4) is 0 Å². The van der Waals surface area contributed by atoms with E-state index in [-0.39, 0.29) is 5.56 Å². The van der Waals surface area contributed by atoms with Gasteiger partial charge in [-0.05, 0) is 41.9 Å². The van der Waals surface area contributed by atoms with Gasteiger partial charge in [-0.2, -0.15) is 4.52 Å². The van der Waals surface area contributed by atoms with Crippen molar-refractivity contribution in [1.29, 1.82) is 0 Å². The topological polar surface area (TPSA) is 62.6 Å². The highest BCUT2D eigenvalue weighted by Gasteiger charge is 2.62. The highest BCUT2D eigenvalue weighted by Crippen LogP contribution is 2.62. The Hall–Kier alpha value is -3.54. The Balaban J connectivity index is 1.55. The molecular formula is C27H28N4O2. The normalized spacial score (nSPS) is 20.8. The van der Waals surface area contributed by atoms with E-state index in [1.165, 1.54) is 0 Å². The summed E-state index contributed by atoms with van der Waals surface area (Å²) in [5.41, 5.74) is 6.24. The molecule has 1 saturated carbocycles. The maximum absolute atomic E-state index is 13.7. The highest BCUT2D eigenvalue weighted by molar-refractivity contribution is 5.87. The van der Waals surface area contributed by atoms with Crippen LogP contribution in [-0.4, -0.2) is 34.8 Å². The van der Waals surface area contributed by atoms with Gasteiger partial charge >= 0.3 is 0 Å². The lowest BCUT2D eigenvalue weighted by Gasteiger charge is -2.24. The first-order valence-corrected chi connectivity index (χ1v) is 11.5. The first kappa shape index (κ1) is 20.1. The van der Waals surface area contributed by atoms with Gasteiger partial charge in [0.05, 0.1) is 24.1 Å². The molecule has 2 unspecified atom stereocenters. The van der Waals surface area contributed by atoms with Crippen molar-refractivity contribution in [1.82, 2.24) is 14.6 Å². The number of benzene rings is 2. The molecular weight excluding hydrogens is 412 g/mol. The van der Waals surface area contributed by atoms with Crippen LogP contribution in [0.25, 0.3) is 28.0 Å². The molecule has 1 aliphatic heterocycles. The molecule has 2 aromatic carbocycles. The second-order valence-electron chi connectivity index (χ2n) is 9.91. The molecule has 4 aromatic rings. The van der Waals surface area contributed by atoms with E-state index in [0.717, 1.165) is 47.0 Å². The summed E-state index contributed by atoms with van der Waals surface area (Å²) < 4.78 is 6.90. The van der Waals surface area contributed by atoms with Gasteiger partial charge in [0.1, 0.15) is 11.4 Å². The van der Waals surface area contributed by atoms with Gasteiger partial charge in [0.2, 0.25) is 0 Å². The quantitative estimate of drug-likeness (QED) is 0.497. The van der Waals surface area contributed by atoms with Crippen molar-refractivity contribution in [3.05, 3.63) is 70.6 Å². The van der Waals surface area contributed by atoms with E-state index in [2.05, 4.69) is 36.0 Å². The molecule has 1 N–H and O–H groups in total. The second-order valence-corrected chi connectivity index (χ2v) is 9.91. The first-order valence-electron chi connectivity index (χ1n) is 11.5. The fourth-order valence-electron chi connectivity index (χ4n) is 5.68. The third-order valence-corrected chi connectivity index (χ3v) is 7.82. The Morgan fingerprint density at radius 3 is 2.30 bits per heavy atom. The Kier molecular flexibility index (Phi) is 4.25. The zero-order chi connectivity index (χ0) is 22.9. The van der Waals surface area contributed by atoms with Gasteiger partial charge in [-0.15, -0.1) is 0 Å². The minimum absolute atomic E-state index is 0.0872. The van der Waals surface area contributed by atoms with Crippen LogP contribution in [-0.2, 0) is 0 Å². The summed E-state index contributed by atoms with van der Waals surface area (Å²) in [6.07, 6.45) is 0. The number of hydrogen-bond acceptors (Lipinski definition) is 4. The fraction of sp³-hybridized carbons (Fsp3) is 0.333. The van der Waals surface area contributed by atoms with Crippen molar-refractivity contribution in [3.8, 4) is 28.1 Å². The van der Waals surface area contributed by atoms with Crippen molar-refractivity contribution in [2.24, 2.45) is 17.3 Å². The molecule has 1 saturated heterocycles. The third-order valence-electron chi connectivity index (χ3n) is 7.82. The predicted molar refractivity (Wildman–Crippen MR) is 131 cm³/mol. The summed E-state index contributed by atoms with van der Waals surface area (Å²) >= 11 is 0. The zero-order valence-corrected chi connectivity index (χ0v) is 19.4. The predicted octanol–water partition coefficient (Wildman–Crippen LogP) is 4.77.